The molecule has 1 unspecified atom stereocenters. The second-order valence-electron chi connectivity index (χ2n) is 6.59. The molecular formula is C16H26N4O. The number of ether oxygens (including phenoxy) is 1. The van der Waals surface area contributed by atoms with Crippen molar-refractivity contribution in [2.45, 2.75) is 57.9 Å². The molecule has 0 aromatic carbocycles. The third-order valence-corrected chi connectivity index (χ3v) is 4.29. The quantitative estimate of drug-likeness (QED) is 0.843. The topological polar surface area (TPSA) is 59.1 Å². The van der Waals surface area contributed by atoms with Crippen molar-refractivity contribution in [2.24, 2.45) is 0 Å². The van der Waals surface area contributed by atoms with Gasteiger partial charge in [-0.25, -0.2) is 9.97 Å². The predicted octanol–water partition coefficient (Wildman–Crippen LogP) is 3.08. The number of hydrogen-bond acceptors (Lipinski definition) is 5. The Bertz CT molecular complexity index is 507. The second kappa shape index (κ2) is 5.79. The zero-order valence-electron chi connectivity index (χ0n) is 13.3. The van der Waals surface area contributed by atoms with Gasteiger partial charge in [0.25, 0.3) is 0 Å². The molecule has 3 rings (SSSR count). The van der Waals surface area contributed by atoms with E-state index in [1.807, 2.05) is 0 Å². The van der Waals surface area contributed by atoms with E-state index in [0.29, 0.717) is 5.92 Å². The molecule has 5 nitrogen and oxygen atoms in total. The minimum absolute atomic E-state index is 0.0119. The number of hydrogen-bond donors (Lipinski definition) is 2. The molecule has 1 saturated heterocycles. The fourth-order valence-corrected chi connectivity index (χ4v) is 2.65. The minimum atomic E-state index is -0.0119. The molecule has 1 aromatic heterocycles. The van der Waals surface area contributed by atoms with Gasteiger partial charge in [0.15, 0.2) is 0 Å². The van der Waals surface area contributed by atoms with Crippen LogP contribution >= 0.6 is 0 Å². The molecule has 0 amide bonds. The summed E-state index contributed by atoms with van der Waals surface area (Å²) in [6, 6.07) is 0. The SMILES string of the molecule is CCCNc1nc(C2CC2)nc(NC2(C)CCOC2)c1C. The summed E-state index contributed by atoms with van der Waals surface area (Å²) in [6.07, 6.45) is 4.55. The molecule has 2 aliphatic rings. The Morgan fingerprint density at radius 1 is 1.29 bits per heavy atom. The third kappa shape index (κ3) is 3.28. The normalized spacial score (nSPS) is 25.1. The van der Waals surface area contributed by atoms with Crippen LogP contribution in [0.15, 0.2) is 0 Å². The average molecular weight is 290 g/mol. The van der Waals surface area contributed by atoms with E-state index in [4.69, 9.17) is 14.7 Å². The molecule has 0 spiro atoms. The summed E-state index contributed by atoms with van der Waals surface area (Å²) in [5.41, 5.74) is 1.10. The van der Waals surface area contributed by atoms with Crippen LogP contribution in [0, 0.1) is 6.92 Å². The van der Waals surface area contributed by atoms with Crippen LogP contribution in [0.25, 0.3) is 0 Å². The van der Waals surface area contributed by atoms with Gasteiger partial charge >= 0.3 is 0 Å². The molecule has 2 heterocycles. The van der Waals surface area contributed by atoms with E-state index in [-0.39, 0.29) is 5.54 Å². The third-order valence-electron chi connectivity index (χ3n) is 4.29. The van der Waals surface area contributed by atoms with Crippen LogP contribution in [0.1, 0.15) is 56.8 Å². The van der Waals surface area contributed by atoms with Crippen LogP contribution < -0.4 is 10.6 Å². The van der Waals surface area contributed by atoms with E-state index in [0.717, 1.165) is 55.6 Å². The van der Waals surface area contributed by atoms with Gasteiger partial charge in [0.2, 0.25) is 0 Å². The number of rotatable bonds is 6. The highest BCUT2D eigenvalue weighted by Gasteiger charge is 2.32. The van der Waals surface area contributed by atoms with Crippen molar-refractivity contribution in [3.05, 3.63) is 11.4 Å². The molecule has 116 valence electrons. The van der Waals surface area contributed by atoms with Crippen molar-refractivity contribution >= 4 is 11.6 Å². The lowest BCUT2D eigenvalue weighted by Gasteiger charge is -2.26. The van der Waals surface area contributed by atoms with E-state index in [1.54, 1.807) is 0 Å². The second-order valence-corrected chi connectivity index (χ2v) is 6.59. The Morgan fingerprint density at radius 2 is 2.05 bits per heavy atom. The Hall–Kier alpha value is -1.36. The molecule has 1 aliphatic heterocycles. The van der Waals surface area contributed by atoms with Gasteiger partial charge in [-0.2, -0.15) is 0 Å². The van der Waals surface area contributed by atoms with Gasteiger partial charge in [-0.1, -0.05) is 6.92 Å². The summed E-state index contributed by atoms with van der Waals surface area (Å²) in [6.45, 7) is 8.98. The Morgan fingerprint density at radius 3 is 2.67 bits per heavy atom. The van der Waals surface area contributed by atoms with Gasteiger partial charge in [0.1, 0.15) is 17.5 Å². The largest absolute Gasteiger partial charge is 0.379 e. The van der Waals surface area contributed by atoms with Crippen molar-refractivity contribution in [1.29, 1.82) is 0 Å². The van der Waals surface area contributed by atoms with Crippen LogP contribution in [0.2, 0.25) is 0 Å². The molecule has 1 atom stereocenters. The zero-order chi connectivity index (χ0) is 14.9. The standard InChI is InChI=1S/C16H26N4O/c1-4-8-17-13-11(2)14(19-15(18-13)12-5-6-12)20-16(3)7-9-21-10-16/h12H,4-10H2,1-3H3,(H2,17,18,19,20). The summed E-state index contributed by atoms with van der Waals surface area (Å²) in [5, 5.41) is 7.05. The lowest BCUT2D eigenvalue weighted by atomic mass is 10.0. The molecule has 1 aromatic rings. The summed E-state index contributed by atoms with van der Waals surface area (Å²) in [7, 11) is 0. The highest BCUT2D eigenvalue weighted by atomic mass is 16.5. The van der Waals surface area contributed by atoms with Gasteiger partial charge in [-0.05, 0) is 39.5 Å². The molecule has 0 radical (unpaired) electrons. The number of nitrogens with zero attached hydrogens (tertiary/aromatic N) is 2. The van der Waals surface area contributed by atoms with Crippen molar-refractivity contribution in [3.8, 4) is 0 Å². The summed E-state index contributed by atoms with van der Waals surface area (Å²) >= 11 is 0. The van der Waals surface area contributed by atoms with Crippen LogP contribution in [-0.4, -0.2) is 35.3 Å². The lowest BCUT2D eigenvalue weighted by molar-refractivity contribution is 0.185. The van der Waals surface area contributed by atoms with Crippen molar-refractivity contribution < 1.29 is 4.74 Å². The molecule has 21 heavy (non-hydrogen) atoms. The van der Waals surface area contributed by atoms with Crippen molar-refractivity contribution in [1.82, 2.24) is 9.97 Å². The van der Waals surface area contributed by atoms with Crippen molar-refractivity contribution in [2.75, 3.05) is 30.4 Å². The van der Waals surface area contributed by atoms with Gasteiger partial charge in [0, 0.05) is 24.6 Å². The molecule has 1 aliphatic carbocycles. The first-order chi connectivity index (χ1) is 10.1. The smallest absolute Gasteiger partial charge is 0.136 e. The Balaban J connectivity index is 1.87. The Labute approximate surface area is 126 Å². The highest BCUT2D eigenvalue weighted by Crippen LogP contribution is 2.40. The molecule has 2 fully saturated rings. The Kier molecular flexibility index (Phi) is 4.02. The van der Waals surface area contributed by atoms with Crippen LogP contribution in [0.5, 0.6) is 0 Å². The monoisotopic (exact) mass is 290 g/mol. The van der Waals surface area contributed by atoms with E-state index >= 15 is 0 Å². The van der Waals surface area contributed by atoms with Crippen LogP contribution in [-0.2, 0) is 4.74 Å². The fourth-order valence-electron chi connectivity index (χ4n) is 2.65. The number of nitrogens with one attached hydrogen (secondary N) is 2. The van der Waals surface area contributed by atoms with E-state index < -0.39 is 0 Å². The minimum Gasteiger partial charge on any atom is -0.379 e. The number of anilines is 2. The first kappa shape index (κ1) is 14.6. The molecular weight excluding hydrogens is 264 g/mol. The van der Waals surface area contributed by atoms with Gasteiger partial charge < -0.3 is 15.4 Å². The van der Waals surface area contributed by atoms with Crippen LogP contribution in [0.3, 0.4) is 0 Å². The predicted molar refractivity (Wildman–Crippen MR) is 85.0 cm³/mol. The molecule has 1 saturated carbocycles. The molecule has 0 bridgehead atoms. The first-order valence-electron chi connectivity index (χ1n) is 8.09. The van der Waals surface area contributed by atoms with Gasteiger partial charge in [-0.3, -0.25) is 0 Å². The average Bonchev–Trinajstić information content (AvgIpc) is 3.23. The highest BCUT2D eigenvalue weighted by molar-refractivity contribution is 5.58. The summed E-state index contributed by atoms with van der Waals surface area (Å²) in [5.74, 6) is 3.50. The summed E-state index contributed by atoms with van der Waals surface area (Å²) < 4.78 is 5.54. The maximum Gasteiger partial charge on any atom is 0.136 e. The van der Waals surface area contributed by atoms with Gasteiger partial charge in [0.05, 0.1) is 12.1 Å². The maximum absolute atomic E-state index is 5.54. The fraction of sp³-hybridized carbons (Fsp3) is 0.750. The van der Waals surface area contributed by atoms with E-state index in [9.17, 15) is 0 Å². The van der Waals surface area contributed by atoms with E-state index in [2.05, 4.69) is 31.4 Å². The molecule has 2 N–H and O–H groups in total. The summed E-state index contributed by atoms with van der Waals surface area (Å²) in [4.78, 5) is 9.53. The number of aromatic nitrogens is 2. The van der Waals surface area contributed by atoms with Crippen molar-refractivity contribution in [3.63, 3.8) is 0 Å². The zero-order valence-corrected chi connectivity index (χ0v) is 13.3. The maximum atomic E-state index is 5.54. The van der Waals surface area contributed by atoms with Gasteiger partial charge in [-0.15, -0.1) is 0 Å². The van der Waals surface area contributed by atoms with Crippen LogP contribution in [0.4, 0.5) is 11.6 Å². The molecule has 5 heteroatoms. The lowest BCUT2D eigenvalue weighted by Crippen LogP contribution is -2.36. The van der Waals surface area contributed by atoms with E-state index in [1.165, 1.54) is 12.8 Å². The first-order valence-corrected chi connectivity index (χ1v) is 8.09.